The fourth-order valence-electron chi connectivity index (χ4n) is 3.67. The van der Waals surface area contributed by atoms with Crippen LogP contribution in [0.1, 0.15) is 97.0 Å². The van der Waals surface area contributed by atoms with Crippen molar-refractivity contribution in [2.75, 3.05) is 13.2 Å². The van der Waals surface area contributed by atoms with Crippen LogP contribution in [0.3, 0.4) is 0 Å². The Morgan fingerprint density at radius 2 is 1.38 bits per heavy atom. The zero-order chi connectivity index (χ0) is 22.9. The van der Waals surface area contributed by atoms with Crippen molar-refractivity contribution in [2.24, 2.45) is 0 Å². The SMILES string of the molecule is CCCCCCCCCCOc1cnc(-c2ccc(CCC(C)OCCCC)cc2)nc1. The number of hydrogen-bond acceptors (Lipinski definition) is 4. The van der Waals surface area contributed by atoms with Gasteiger partial charge in [-0.25, -0.2) is 9.97 Å². The average molecular weight is 441 g/mol. The topological polar surface area (TPSA) is 44.2 Å². The van der Waals surface area contributed by atoms with Gasteiger partial charge in [0.25, 0.3) is 0 Å². The van der Waals surface area contributed by atoms with Crippen molar-refractivity contribution in [1.82, 2.24) is 9.97 Å². The normalized spacial score (nSPS) is 12.1. The summed E-state index contributed by atoms with van der Waals surface area (Å²) in [7, 11) is 0. The number of aryl methyl sites for hydroxylation is 1. The Balaban J connectivity index is 1.65. The first kappa shape index (κ1) is 26.3. The highest BCUT2D eigenvalue weighted by Gasteiger charge is 2.05. The summed E-state index contributed by atoms with van der Waals surface area (Å²) in [6.07, 6.45) is 18.7. The summed E-state index contributed by atoms with van der Waals surface area (Å²) in [5.41, 5.74) is 2.36. The predicted octanol–water partition coefficient (Wildman–Crippen LogP) is 7.80. The summed E-state index contributed by atoms with van der Waals surface area (Å²) in [5.74, 6) is 1.50. The zero-order valence-corrected chi connectivity index (χ0v) is 20.7. The van der Waals surface area contributed by atoms with Crippen LogP contribution in [0.25, 0.3) is 11.4 Å². The van der Waals surface area contributed by atoms with Crippen molar-refractivity contribution >= 4 is 0 Å². The third-order valence-corrected chi connectivity index (χ3v) is 5.85. The molecule has 4 nitrogen and oxygen atoms in total. The van der Waals surface area contributed by atoms with E-state index in [1.807, 2.05) is 0 Å². The lowest BCUT2D eigenvalue weighted by Gasteiger charge is -2.12. The molecule has 0 amide bonds. The van der Waals surface area contributed by atoms with E-state index >= 15 is 0 Å². The van der Waals surface area contributed by atoms with E-state index in [-0.39, 0.29) is 0 Å². The average Bonchev–Trinajstić information content (AvgIpc) is 2.83. The summed E-state index contributed by atoms with van der Waals surface area (Å²) in [5, 5.41) is 0. The lowest BCUT2D eigenvalue weighted by atomic mass is 10.1. The Labute approximate surface area is 196 Å². The van der Waals surface area contributed by atoms with Gasteiger partial charge in [-0.2, -0.15) is 0 Å². The molecule has 0 spiro atoms. The first-order valence-corrected chi connectivity index (χ1v) is 12.9. The maximum absolute atomic E-state index is 5.84. The van der Waals surface area contributed by atoms with Gasteiger partial charge in [0, 0.05) is 12.2 Å². The van der Waals surface area contributed by atoms with Gasteiger partial charge in [0.15, 0.2) is 11.6 Å². The van der Waals surface area contributed by atoms with Gasteiger partial charge in [-0.3, -0.25) is 0 Å². The monoisotopic (exact) mass is 440 g/mol. The first-order valence-electron chi connectivity index (χ1n) is 12.9. The molecule has 1 aromatic heterocycles. The van der Waals surface area contributed by atoms with Crippen molar-refractivity contribution in [3.05, 3.63) is 42.2 Å². The largest absolute Gasteiger partial charge is 0.490 e. The van der Waals surface area contributed by atoms with Gasteiger partial charge in [0.2, 0.25) is 0 Å². The van der Waals surface area contributed by atoms with Gasteiger partial charge in [-0.15, -0.1) is 0 Å². The molecule has 0 radical (unpaired) electrons. The van der Waals surface area contributed by atoms with Crippen molar-refractivity contribution in [2.45, 2.75) is 104 Å². The van der Waals surface area contributed by atoms with E-state index in [0.717, 1.165) is 56.0 Å². The van der Waals surface area contributed by atoms with Gasteiger partial charge in [-0.05, 0) is 38.2 Å². The van der Waals surface area contributed by atoms with Crippen molar-refractivity contribution in [1.29, 1.82) is 0 Å². The van der Waals surface area contributed by atoms with E-state index in [1.54, 1.807) is 12.4 Å². The van der Waals surface area contributed by atoms with Crippen LogP contribution in [0.5, 0.6) is 5.75 Å². The van der Waals surface area contributed by atoms with E-state index in [0.29, 0.717) is 6.10 Å². The van der Waals surface area contributed by atoms with Gasteiger partial charge in [0.1, 0.15) is 0 Å². The van der Waals surface area contributed by atoms with E-state index < -0.39 is 0 Å². The Morgan fingerprint density at radius 3 is 2.03 bits per heavy atom. The van der Waals surface area contributed by atoms with Gasteiger partial charge in [0.05, 0.1) is 25.1 Å². The van der Waals surface area contributed by atoms with Crippen LogP contribution in [0.4, 0.5) is 0 Å². The van der Waals surface area contributed by atoms with Crippen LogP contribution in [0.2, 0.25) is 0 Å². The Morgan fingerprint density at radius 1 is 0.750 bits per heavy atom. The number of unbranched alkanes of at least 4 members (excludes halogenated alkanes) is 8. The van der Waals surface area contributed by atoms with Crippen molar-refractivity contribution < 1.29 is 9.47 Å². The minimum atomic E-state index is 0.308. The molecule has 0 saturated heterocycles. The quantitative estimate of drug-likeness (QED) is 0.222. The third-order valence-electron chi connectivity index (χ3n) is 5.85. The molecule has 1 unspecified atom stereocenters. The summed E-state index contributed by atoms with van der Waals surface area (Å²) >= 11 is 0. The Hall–Kier alpha value is -1.94. The smallest absolute Gasteiger partial charge is 0.159 e. The molecule has 32 heavy (non-hydrogen) atoms. The van der Waals surface area contributed by atoms with Gasteiger partial charge in [-0.1, -0.05) is 89.5 Å². The second kappa shape index (κ2) is 16.7. The molecular formula is C28H44N2O2. The molecule has 0 fully saturated rings. The van der Waals surface area contributed by atoms with Gasteiger partial charge >= 0.3 is 0 Å². The molecule has 0 aliphatic carbocycles. The van der Waals surface area contributed by atoms with E-state index in [1.165, 1.54) is 56.9 Å². The summed E-state index contributed by atoms with van der Waals surface area (Å²) in [6, 6.07) is 8.55. The highest BCUT2D eigenvalue weighted by atomic mass is 16.5. The fourth-order valence-corrected chi connectivity index (χ4v) is 3.67. The predicted molar refractivity (Wildman–Crippen MR) is 134 cm³/mol. The van der Waals surface area contributed by atoms with Crippen LogP contribution in [0, 0.1) is 0 Å². The number of benzene rings is 1. The van der Waals surface area contributed by atoms with Crippen LogP contribution in [-0.2, 0) is 11.2 Å². The first-order chi connectivity index (χ1) is 15.7. The minimum Gasteiger partial charge on any atom is -0.490 e. The van der Waals surface area contributed by atoms with Crippen LogP contribution in [-0.4, -0.2) is 29.3 Å². The maximum atomic E-state index is 5.84. The summed E-state index contributed by atoms with van der Waals surface area (Å²) in [6.45, 7) is 8.23. The number of hydrogen-bond donors (Lipinski definition) is 0. The molecule has 0 aliphatic heterocycles. The standard InChI is InChI=1S/C28H44N2O2/c1-4-6-8-9-10-11-12-13-21-32-27-22-29-28(30-23-27)26-18-16-25(17-19-26)15-14-24(3)31-20-7-5-2/h16-19,22-24H,4-15,20-21H2,1-3H3. The van der Waals surface area contributed by atoms with E-state index in [9.17, 15) is 0 Å². The number of aromatic nitrogens is 2. The van der Waals surface area contributed by atoms with Crippen LogP contribution < -0.4 is 4.74 Å². The molecule has 2 aromatic rings. The Bertz CT molecular complexity index is 700. The number of ether oxygens (including phenoxy) is 2. The molecule has 178 valence electrons. The second-order valence-electron chi connectivity index (χ2n) is 8.84. The number of rotatable bonds is 18. The zero-order valence-electron chi connectivity index (χ0n) is 20.7. The third kappa shape index (κ3) is 11.1. The minimum absolute atomic E-state index is 0.308. The fraction of sp³-hybridized carbons (Fsp3) is 0.643. The van der Waals surface area contributed by atoms with E-state index in [2.05, 4.69) is 55.0 Å². The van der Waals surface area contributed by atoms with Crippen LogP contribution >= 0.6 is 0 Å². The lowest BCUT2D eigenvalue weighted by Crippen LogP contribution is -2.10. The number of nitrogens with zero attached hydrogens (tertiary/aromatic N) is 2. The lowest BCUT2D eigenvalue weighted by molar-refractivity contribution is 0.0586. The molecular weight excluding hydrogens is 396 g/mol. The van der Waals surface area contributed by atoms with Crippen molar-refractivity contribution in [3.63, 3.8) is 0 Å². The van der Waals surface area contributed by atoms with Gasteiger partial charge < -0.3 is 9.47 Å². The molecule has 0 saturated carbocycles. The molecule has 1 aromatic carbocycles. The molecule has 1 atom stereocenters. The second-order valence-corrected chi connectivity index (χ2v) is 8.84. The summed E-state index contributed by atoms with van der Waals surface area (Å²) < 4.78 is 11.7. The molecule has 0 aliphatic rings. The Kier molecular flexibility index (Phi) is 13.7. The molecule has 4 heteroatoms. The molecule has 1 heterocycles. The van der Waals surface area contributed by atoms with E-state index in [4.69, 9.17) is 9.47 Å². The van der Waals surface area contributed by atoms with Crippen LogP contribution in [0.15, 0.2) is 36.7 Å². The highest BCUT2D eigenvalue weighted by molar-refractivity contribution is 5.55. The summed E-state index contributed by atoms with van der Waals surface area (Å²) in [4.78, 5) is 8.99. The maximum Gasteiger partial charge on any atom is 0.159 e. The molecule has 0 N–H and O–H groups in total. The molecule has 2 rings (SSSR count). The molecule has 0 bridgehead atoms. The highest BCUT2D eigenvalue weighted by Crippen LogP contribution is 2.19. The van der Waals surface area contributed by atoms with Crippen molar-refractivity contribution in [3.8, 4) is 17.1 Å².